The first-order chi connectivity index (χ1) is 8.79. The topological polar surface area (TPSA) is 61.4 Å². The lowest BCUT2D eigenvalue weighted by atomic mass is 9.92. The van der Waals surface area contributed by atoms with Crippen LogP contribution >= 0.6 is 12.4 Å². The number of carbonyl (C=O) groups is 2. The lowest BCUT2D eigenvalue weighted by Gasteiger charge is -2.31. The van der Waals surface area contributed by atoms with Gasteiger partial charge in [-0.3, -0.25) is 9.59 Å². The number of amides is 2. The van der Waals surface area contributed by atoms with Crippen LogP contribution in [0.5, 0.6) is 0 Å². The predicted molar refractivity (Wildman–Crippen MR) is 83.0 cm³/mol. The van der Waals surface area contributed by atoms with Gasteiger partial charge in [0, 0.05) is 19.5 Å². The smallest absolute Gasteiger partial charge is 0.241 e. The molecule has 2 N–H and O–H groups in total. The molecule has 6 heteroatoms. The molecule has 0 aromatic heterocycles. The van der Waals surface area contributed by atoms with E-state index in [0.29, 0.717) is 12.5 Å². The zero-order valence-electron chi connectivity index (χ0n) is 13.0. The maximum atomic E-state index is 12.0. The number of piperidine rings is 1. The molecular formula is C14H28ClN3O2. The largest absolute Gasteiger partial charge is 0.347 e. The summed E-state index contributed by atoms with van der Waals surface area (Å²) in [6.07, 6.45) is 2.41. The number of likely N-dealkylation sites (N-methyl/N-ethyl adjacent to an activating group) is 1. The summed E-state index contributed by atoms with van der Waals surface area (Å²) < 4.78 is 0. The molecular weight excluding hydrogens is 278 g/mol. The minimum atomic E-state index is -0.0560. The Bertz CT molecular complexity index is 323. The van der Waals surface area contributed by atoms with Gasteiger partial charge in [-0.05, 0) is 31.3 Å². The van der Waals surface area contributed by atoms with Gasteiger partial charge in [-0.15, -0.1) is 12.4 Å². The van der Waals surface area contributed by atoms with Crippen LogP contribution in [0, 0.1) is 5.41 Å². The molecule has 1 heterocycles. The summed E-state index contributed by atoms with van der Waals surface area (Å²) in [6.45, 7) is 8.05. The number of rotatable bonds is 4. The Kier molecular flexibility index (Phi) is 8.13. The molecule has 0 atom stereocenters. The summed E-state index contributed by atoms with van der Waals surface area (Å²) in [7, 11) is 1.83. The second-order valence-corrected chi connectivity index (χ2v) is 6.50. The van der Waals surface area contributed by atoms with Crippen molar-refractivity contribution in [2.24, 2.45) is 5.41 Å². The molecule has 1 saturated heterocycles. The number of nitrogens with zero attached hydrogens (tertiary/aromatic N) is 1. The third-order valence-electron chi connectivity index (χ3n) is 3.38. The Balaban J connectivity index is 0.00000361. The van der Waals surface area contributed by atoms with E-state index in [1.54, 1.807) is 4.90 Å². The molecule has 0 aromatic rings. The third-order valence-corrected chi connectivity index (χ3v) is 3.38. The Hall–Kier alpha value is -0.810. The van der Waals surface area contributed by atoms with E-state index in [1.165, 1.54) is 0 Å². The summed E-state index contributed by atoms with van der Waals surface area (Å²) >= 11 is 0. The molecule has 1 rings (SSSR count). The molecule has 2 amide bonds. The number of hydrogen-bond acceptors (Lipinski definition) is 3. The molecule has 0 bridgehead atoms. The summed E-state index contributed by atoms with van der Waals surface area (Å²) in [4.78, 5) is 25.4. The van der Waals surface area contributed by atoms with Gasteiger partial charge in [-0.2, -0.15) is 0 Å². The third kappa shape index (κ3) is 7.10. The average Bonchev–Trinajstić information content (AvgIpc) is 2.34. The van der Waals surface area contributed by atoms with Crippen molar-refractivity contribution < 1.29 is 9.59 Å². The average molecular weight is 306 g/mol. The van der Waals surface area contributed by atoms with Crippen LogP contribution in [-0.4, -0.2) is 49.4 Å². The maximum absolute atomic E-state index is 12.0. The van der Waals surface area contributed by atoms with Gasteiger partial charge in [0.15, 0.2) is 0 Å². The van der Waals surface area contributed by atoms with Gasteiger partial charge in [0.2, 0.25) is 11.8 Å². The molecule has 1 aliphatic heterocycles. The van der Waals surface area contributed by atoms with Crippen molar-refractivity contribution in [3.8, 4) is 0 Å². The first-order valence-corrected chi connectivity index (χ1v) is 7.03. The van der Waals surface area contributed by atoms with Gasteiger partial charge in [-0.1, -0.05) is 20.8 Å². The van der Waals surface area contributed by atoms with Crippen molar-refractivity contribution in [1.29, 1.82) is 0 Å². The predicted octanol–water partition coefficient (Wildman–Crippen LogP) is 1.17. The summed E-state index contributed by atoms with van der Waals surface area (Å²) in [6, 6.07) is 0.299. The highest BCUT2D eigenvalue weighted by molar-refractivity contribution is 5.85. The van der Waals surface area contributed by atoms with Crippen LogP contribution in [0.25, 0.3) is 0 Å². The number of hydrogen-bond donors (Lipinski definition) is 2. The molecule has 0 saturated carbocycles. The lowest BCUT2D eigenvalue weighted by molar-refractivity contribution is -0.134. The van der Waals surface area contributed by atoms with Crippen LogP contribution in [0.2, 0.25) is 0 Å². The molecule has 0 aliphatic carbocycles. The van der Waals surface area contributed by atoms with E-state index < -0.39 is 0 Å². The van der Waals surface area contributed by atoms with E-state index in [1.807, 2.05) is 27.8 Å². The van der Waals surface area contributed by atoms with Crippen molar-refractivity contribution in [2.75, 3.05) is 26.7 Å². The lowest BCUT2D eigenvalue weighted by Crippen LogP contribution is -2.47. The molecule has 0 spiro atoms. The van der Waals surface area contributed by atoms with Crippen molar-refractivity contribution in [2.45, 2.75) is 46.1 Å². The van der Waals surface area contributed by atoms with Crippen LogP contribution in [0.4, 0.5) is 0 Å². The molecule has 20 heavy (non-hydrogen) atoms. The number of nitrogens with one attached hydrogen (secondary N) is 2. The first-order valence-electron chi connectivity index (χ1n) is 7.03. The summed E-state index contributed by atoms with van der Waals surface area (Å²) in [5.74, 6) is -0.0614. The van der Waals surface area contributed by atoms with E-state index >= 15 is 0 Å². The Labute approximate surface area is 128 Å². The fraction of sp³-hybridized carbons (Fsp3) is 0.857. The molecule has 1 fully saturated rings. The second-order valence-electron chi connectivity index (χ2n) is 6.50. The fourth-order valence-corrected chi connectivity index (χ4v) is 2.24. The van der Waals surface area contributed by atoms with E-state index in [2.05, 4.69) is 10.6 Å². The van der Waals surface area contributed by atoms with Gasteiger partial charge in [-0.25, -0.2) is 0 Å². The zero-order valence-corrected chi connectivity index (χ0v) is 13.8. The molecule has 0 unspecified atom stereocenters. The highest BCUT2D eigenvalue weighted by Crippen LogP contribution is 2.17. The number of halogens is 1. The van der Waals surface area contributed by atoms with E-state index in [9.17, 15) is 9.59 Å². The summed E-state index contributed by atoms with van der Waals surface area (Å²) in [5, 5.41) is 5.99. The highest BCUT2D eigenvalue weighted by atomic mass is 35.5. The molecule has 118 valence electrons. The normalized spacial score (nSPS) is 16.2. The molecule has 5 nitrogen and oxygen atoms in total. The van der Waals surface area contributed by atoms with Crippen molar-refractivity contribution in [3.63, 3.8) is 0 Å². The van der Waals surface area contributed by atoms with E-state index in [4.69, 9.17) is 0 Å². The van der Waals surface area contributed by atoms with Crippen molar-refractivity contribution >= 4 is 24.2 Å². The Morgan fingerprint density at radius 2 is 1.80 bits per heavy atom. The molecule has 1 aliphatic rings. The maximum Gasteiger partial charge on any atom is 0.241 e. The van der Waals surface area contributed by atoms with Gasteiger partial charge in [0.25, 0.3) is 0 Å². The second kappa shape index (κ2) is 8.47. The highest BCUT2D eigenvalue weighted by Gasteiger charge is 2.22. The minimum Gasteiger partial charge on any atom is -0.347 e. The first kappa shape index (κ1) is 19.2. The molecule has 0 aromatic carbocycles. The van der Waals surface area contributed by atoms with Crippen molar-refractivity contribution in [3.05, 3.63) is 0 Å². The van der Waals surface area contributed by atoms with Crippen LogP contribution in [0.1, 0.15) is 40.0 Å². The Morgan fingerprint density at radius 3 is 2.30 bits per heavy atom. The standard InChI is InChI=1S/C14H27N3O2.ClH/c1-14(2,3)9-12(18)16-10-13(19)17(4)11-5-7-15-8-6-11;/h11,15H,5-10H2,1-4H3,(H,16,18);1H. The fourth-order valence-electron chi connectivity index (χ4n) is 2.24. The van der Waals surface area contributed by atoms with Crippen LogP contribution < -0.4 is 10.6 Å². The quantitative estimate of drug-likeness (QED) is 0.820. The SMILES string of the molecule is CN(C(=O)CNC(=O)CC(C)(C)C)C1CCNCC1.Cl. The van der Waals surface area contributed by atoms with Crippen LogP contribution in [-0.2, 0) is 9.59 Å². The monoisotopic (exact) mass is 305 g/mol. The van der Waals surface area contributed by atoms with E-state index in [0.717, 1.165) is 25.9 Å². The van der Waals surface area contributed by atoms with Crippen LogP contribution in [0.3, 0.4) is 0 Å². The van der Waals surface area contributed by atoms with Gasteiger partial charge < -0.3 is 15.5 Å². The van der Waals surface area contributed by atoms with E-state index in [-0.39, 0.29) is 36.2 Å². The van der Waals surface area contributed by atoms with Crippen LogP contribution in [0.15, 0.2) is 0 Å². The van der Waals surface area contributed by atoms with Gasteiger partial charge >= 0.3 is 0 Å². The Morgan fingerprint density at radius 1 is 1.25 bits per heavy atom. The zero-order chi connectivity index (χ0) is 14.5. The van der Waals surface area contributed by atoms with Gasteiger partial charge in [0.1, 0.15) is 0 Å². The summed E-state index contributed by atoms with van der Waals surface area (Å²) in [5.41, 5.74) is -0.0475. The number of carbonyl (C=O) groups excluding carboxylic acids is 2. The molecule has 0 radical (unpaired) electrons. The minimum absolute atomic E-state index is 0. The van der Waals surface area contributed by atoms with Gasteiger partial charge in [0.05, 0.1) is 6.54 Å². The van der Waals surface area contributed by atoms with Crippen molar-refractivity contribution in [1.82, 2.24) is 15.5 Å².